The molecule has 0 bridgehead atoms. The Morgan fingerprint density at radius 3 is 2.28 bits per heavy atom. The van der Waals surface area contributed by atoms with E-state index < -0.39 is 0 Å². The summed E-state index contributed by atoms with van der Waals surface area (Å²) < 4.78 is 23.9. The molecule has 6 nitrogen and oxygen atoms in total. The molecule has 1 aliphatic heterocycles. The number of rotatable bonds is 9. The van der Waals surface area contributed by atoms with Gasteiger partial charge in [-0.2, -0.15) is 0 Å². The molecule has 0 radical (unpaired) electrons. The predicted octanol–water partition coefficient (Wildman–Crippen LogP) is 4.81. The Balaban J connectivity index is 1.55. The van der Waals surface area contributed by atoms with E-state index in [-0.39, 0.29) is 29.3 Å². The van der Waals surface area contributed by atoms with Gasteiger partial charge in [0.25, 0.3) is 0 Å². The second-order valence-corrected chi connectivity index (χ2v) is 9.35. The maximum atomic E-state index is 13.4. The molecule has 0 aliphatic carbocycles. The highest BCUT2D eigenvalue weighted by atomic mass is 19.1. The fourth-order valence-electron chi connectivity index (χ4n) is 4.95. The molecule has 1 amide bonds. The molecular weight excluding hydrogens is 459 g/mol. The molecule has 1 fully saturated rings. The lowest BCUT2D eigenvalue weighted by Crippen LogP contribution is -2.35. The number of hydrogen-bond donors (Lipinski definition) is 1. The van der Waals surface area contributed by atoms with Gasteiger partial charge in [0.1, 0.15) is 23.1 Å². The van der Waals surface area contributed by atoms with E-state index in [1.807, 2.05) is 29.2 Å². The summed E-state index contributed by atoms with van der Waals surface area (Å²) in [5, 5.41) is 10.5. The third kappa shape index (κ3) is 6.15. The number of carbonyl (C=O) groups excluding carboxylic acids is 1. The molecule has 2 atom stereocenters. The van der Waals surface area contributed by atoms with E-state index in [9.17, 15) is 14.3 Å². The number of phenols is 1. The number of phenolic OH excluding ortho intramolecular Hbond substituents is 1. The molecule has 190 valence electrons. The topological polar surface area (TPSA) is 62.2 Å². The zero-order valence-corrected chi connectivity index (χ0v) is 21.0. The van der Waals surface area contributed by atoms with E-state index in [1.165, 1.54) is 17.7 Å². The monoisotopic (exact) mass is 492 g/mol. The van der Waals surface area contributed by atoms with E-state index in [2.05, 4.69) is 17.0 Å². The van der Waals surface area contributed by atoms with E-state index >= 15 is 0 Å². The standard InChI is InChI=1S/C29H33FN2O4/c1-20(33)32(15-21-4-9-25(30)10-5-21)18-24-17-31(16-23-8-13-27(36-3)14-29(23)34)19-28(24)22-6-11-26(35-2)12-7-22/h4-14,24,28,34H,15-19H2,1-3H3/t24-,28+/m0/s1. The van der Waals surface area contributed by atoms with Gasteiger partial charge in [-0.05, 0) is 47.4 Å². The SMILES string of the molecule is COc1ccc([C@H]2CN(Cc3ccc(OC)cc3O)C[C@H]2CN(Cc2ccc(F)cc2)C(C)=O)cc1. The number of amides is 1. The van der Waals surface area contributed by atoms with Crippen LogP contribution in [0.2, 0.25) is 0 Å². The summed E-state index contributed by atoms with van der Waals surface area (Å²) in [6.07, 6.45) is 0. The number of methoxy groups -OCH3 is 2. The molecule has 3 aromatic rings. The summed E-state index contributed by atoms with van der Waals surface area (Å²) in [6, 6.07) is 19.8. The highest BCUT2D eigenvalue weighted by Gasteiger charge is 2.35. The average molecular weight is 493 g/mol. The number of nitrogens with zero attached hydrogens (tertiary/aromatic N) is 2. The first kappa shape index (κ1) is 25.5. The van der Waals surface area contributed by atoms with Crippen LogP contribution in [0, 0.1) is 11.7 Å². The molecule has 1 heterocycles. The van der Waals surface area contributed by atoms with Gasteiger partial charge in [-0.15, -0.1) is 0 Å². The zero-order chi connectivity index (χ0) is 25.7. The smallest absolute Gasteiger partial charge is 0.219 e. The minimum absolute atomic E-state index is 0.0148. The van der Waals surface area contributed by atoms with Crippen molar-refractivity contribution < 1.29 is 23.8 Å². The van der Waals surface area contributed by atoms with E-state index in [4.69, 9.17) is 9.47 Å². The third-order valence-corrected chi connectivity index (χ3v) is 6.93. The lowest BCUT2D eigenvalue weighted by molar-refractivity contribution is -0.130. The van der Waals surface area contributed by atoms with Crippen molar-refractivity contribution in [1.29, 1.82) is 0 Å². The lowest BCUT2D eigenvalue weighted by Gasteiger charge is -2.28. The number of aromatic hydroxyl groups is 1. The molecule has 4 rings (SSSR count). The predicted molar refractivity (Wildman–Crippen MR) is 137 cm³/mol. The van der Waals surface area contributed by atoms with E-state index in [0.717, 1.165) is 30.0 Å². The van der Waals surface area contributed by atoms with Gasteiger partial charge in [0.05, 0.1) is 14.2 Å². The third-order valence-electron chi connectivity index (χ3n) is 6.93. The van der Waals surface area contributed by atoms with Crippen LogP contribution < -0.4 is 9.47 Å². The van der Waals surface area contributed by atoms with Crippen LogP contribution in [-0.2, 0) is 17.9 Å². The fourth-order valence-corrected chi connectivity index (χ4v) is 4.95. The number of carbonyl (C=O) groups is 1. The molecule has 0 saturated carbocycles. The Morgan fingerprint density at radius 1 is 1.00 bits per heavy atom. The molecule has 0 unspecified atom stereocenters. The summed E-state index contributed by atoms with van der Waals surface area (Å²) in [7, 11) is 3.22. The minimum atomic E-state index is -0.291. The summed E-state index contributed by atoms with van der Waals surface area (Å²) in [6.45, 7) is 4.75. The van der Waals surface area contributed by atoms with Crippen LogP contribution in [0.1, 0.15) is 29.5 Å². The van der Waals surface area contributed by atoms with Crippen LogP contribution >= 0.6 is 0 Å². The highest BCUT2D eigenvalue weighted by Crippen LogP contribution is 2.36. The normalized spacial score (nSPS) is 17.7. The van der Waals surface area contributed by atoms with Crippen molar-refractivity contribution in [2.75, 3.05) is 33.9 Å². The number of likely N-dealkylation sites (tertiary alicyclic amines) is 1. The number of ether oxygens (including phenoxy) is 2. The van der Waals surface area contributed by atoms with Crippen LogP contribution in [0.3, 0.4) is 0 Å². The first-order valence-corrected chi connectivity index (χ1v) is 12.1. The van der Waals surface area contributed by atoms with Crippen LogP contribution in [0.15, 0.2) is 66.7 Å². The van der Waals surface area contributed by atoms with E-state index in [0.29, 0.717) is 25.4 Å². The summed E-state index contributed by atoms with van der Waals surface area (Å²) in [5.74, 6) is 1.70. The van der Waals surface area contributed by atoms with Crippen molar-refractivity contribution in [3.63, 3.8) is 0 Å². The second kappa shape index (κ2) is 11.4. The largest absolute Gasteiger partial charge is 0.507 e. The van der Waals surface area contributed by atoms with Gasteiger partial charge in [0, 0.05) is 57.2 Å². The maximum Gasteiger partial charge on any atom is 0.219 e. The van der Waals surface area contributed by atoms with Gasteiger partial charge in [-0.3, -0.25) is 9.69 Å². The fraction of sp³-hybridized carbons (Fsp3) is 0.345. The Morgan fingerprint density at radius 2 is 1.67 bits per heavy atom. The first-order valence-electron chi connectivity index (χ1n) is 12.1. The first-order chi connectivity index (χ1) is 17.4. The van der Waals surface area contributed by atoms with Crippen molar-refractivity contribution in [1.82, 2.24) is 9.80 Å². The molecule has 36 heavy (non-hydrogen) atoms. The Labute approximate surface area is 211 Å². The molecule has 7 heteroatoms. The Hall–Kier alpha value is -3.58. The quantitative estimate of drug-likeness (QED) is 0.464. The molecule has 3 aromatic carbocycles. The van der Waals surface area contributed by atoms with Crippen LogP contribution in [0.4, 0.5) is 4.39 Å². The van der Waals surface area contributed by atoms with Gasteiger partial charge in [0.2, 0.25) is 5.91 Å². The molecule has 1 saturated heterocycles. The zero-order valence-electron chi connectivity index (χ0n) is 21.0. The van der Waals surface area contributed by atoms with Crippen molar-refractivity contribution in [2.45, 2.75) is 25.9 Å². The number of benzene rings is 3. The van der Waals surface area contributed by atoms with Gasteiger partial charge in [-0.25, -0.2) is 4.39 Å². The van der Waals surface area contributed by atoms with Crippen molar-refractivity contribution in [3.05, 3.63) is 89.2 Å². The molecular formula is C29H33FN2O4. The molecule has 0 spiro atoms. The maximum absolute atomic E-state index is 13.4. The van der Waals surface area contributed by atoms with Crippen molar-refractivity contribution in [2.24, 2.45) is 5.92 Å². The number of hydrogen-bond acceptors (Lipinski definition) is 5. The Bertz CT molecular complexity index is 1170. The minimum Gasteiger partial charge on any atom is -0.507 e. The van der Waals surface area contributed by atoms with Crippen molar-refractivity contribution in [3.8, 4) is 17.2 Å². The average Bonchev–Trinajstić information content (AvgIpc) is 3.28. The lowest BCUT2D eigenvalue weighted by atomic mass is 9.88. The highest BCUT2D eigenvalue weighted by molar-refractivity contribution is 5.73. The van der Waals surface area contributed by atoms with Crippen LogP contribution in [0.25, 0.3) is 0 Å². The van der Waals surface area contributed by atoms with Crippen LogP contribution in [0.5, 0.6) is 17.2 Å². The van der Waals surface area contributed by atoms with Gasteiger partial charge in [-0.1, -0.05) is 30.3 Å². The molecule has 1 aliphatic rings. The second-order valence-electron chi connectivity index (χ2n) is 9.35. The number of halogens is 1. The van der Waals surface area contributed by atoms with Crippen LogP contribution in [-0.4, -0.2) is 54.7 Å². The summed E-state index contributed by atoms with van der Waals surface area (Å²) in [4.78, 5) is 16.7. The Kier molecular flexibility index (Phi) is 8.10. The van der Waals surface area contributed by atoms with Crippen molar-refractivity contribution >= 4 is 5.91 Å². The summed E-state index contributed by atoms with van der Waals surface area (Å²) in [5.41, 5.74) is 2.91. The van der Waals surface area contributed by atoms with Gasteiger partial charge in [0.15, 0.2) is 0 Å². The van der Waals surface area contributed by atoms with E-state index in [1.54, 1.807) is 39.3 Å². The summed E-state index contributed by atoms with van der Waals surface area (Å²) >= 11 is 0. The molecule has 0 aromatic heterocycles. The molecule has 1 N–H and O–H groups in total. The van der Waals surface area contributed by atoms with Gasteiger partial charge < -0.3 is 19.5 Å². The van der Waals surface area contributed by atoms with Gasteiger partial charge >= 0.3 is 0 Å².